The second kappa shape index (κ2) is 3.13. The van der Waals surface area contributed by atoms with Gasteiger partial charge in [0.05, 0.1) is 29.6 Å². The quantitative estimate of drug-likeness (QED) is 0.640. The van der Waals surface area contributed by atoms with Crippen LogP contribution in [-0.2, 0) is 0 Å². The van der Waals surface area contributed by atoms with Crippen molar-refractivity contribution in [2.45, 2.75) is 0 Å². The number of hydrogen-bond acceptors (Lipinski definition) is 4. The fourth-order valence-corrected chi connectivity index (χ4v) is 1.42. The minimum atomic E-state index is 0.785. The summed E-state index contributed by atoms with van der Waals surface area (Å²) in [7, 11) is 0. The third-order valence-corrected chi connectivity index (χ3v) is 2.14. The van der Waals surface area contributed by atoms with Gasteiger partial charge in [0.2, 0.25) is 0 Å². The smallest absolute Gasteiger partial charge is 0.140 e. The third kappa shape index (κ3) is 1.34. The normalized spacial score (nSPS) is 10.7. The van der Waals surface area contributed by atoms with Crippen LogP contribution in [0.15, 0.2) is 36.9 Å². The Kier molecular flexibility index (Phi) is 1.68. The van der Waals surface area contributed by atoms with Gasteiger partial charge in [-0.3, -0.25) is 4.98 Å². The van der Waals surface area contributed by atoms with Gasteiger partial charge in [-0.25, -0.2) is 4.98 Å². The molecule has 0 aromatic carbocycles. The number of imidazole rings is 1. The first-order valence-corrected chi connectivity index (χ1v) is 4.50. The maximum atomic E-state index is 4.42. The van der Waals surface area contributed by atoms with E-state index in [1.165, 1.54) is 0 Å². The highest BCUT2D eigenvalue weighted by atomic mass is 15.1. The fraction of sp³-hybridized carbons (Fsp3) is 0. The zero-order chi connectivity index (χ0) is 10.1. The van der Waals surface area contributed by atoms with Gasteiger partial charge < -0.3 is 4.98 Å². The molecule has 3 aromatic heterocycles. The summed E-state index contributed by atoms with van der Waals surface area (Å²) < 4.78 is 0. The van der Waals surface area contributed by atoms with E-state index in [4.69, 9.17) is 0 Å². The molecule has 72 valence electrons. The molecule has 0 bridgehead atoms. The van der Waals surface area contributed by atoms with Crippen molar-refractivity contribution in [2.75, 3.05) is 0 Å². The van der Waals surface area contributed by atoms with Crippen molar-refractivity contribution in [1.82, 2.24) is 25.1 Å². The molecule has 0 radical (unpaired) electrons. The number of rotatable bonds is 1. The Labute approximate surface area is 85.2 Å². The van der Waals surface area contributed by atoms with Gasteiger partial charge in [-0.1, -0.05) is 0 Å². The van der Waals surface area contributed by atoms with Crippen LogP contribution >= 0.6 is 0 Å². The van der Waals surface area contributed by atoms with Gasteiger partial charge in [0.25, 0.3) is 0 Å². The first kappa shape index (κ1) is 8.05. The van der Waals surface area contributed by atoms with Gasteiger partial charge in [-0.2, -0.15) is 10.2 Å². The molecule has 0 spiro atoms. The number of hydrogen-bond donors (Lipinski definition) is 1. The molecule has 3 heterocycles. The average Bonchev–Trinajstić information content (AvgIpc) is 2.74. The highest BCUT2D eigenvalue weighted by Gasteiger charge is 2.04. The lowest BCUT2D eigenvalue weighted by Gasteiger charge is -1.91. The Morgan fingerprint density at radius 1 is 1.00 bits per heavy atom. The predicted molar refractivity (Wildman–Crippen MR) is 54.9 cm³/mol. The summed E-state index contributed by atoms with van der Waals surface area (Å²) >= 11 is 0. The molecule has 5 nitrogen and oxygen atoms in total. The van der Waals surface area contributed by atoms with Crippen molar-refractivity contribution in [3.8, 4) is 11.4 Å². The van der Waals surface area contributed by atoms with Crippen molar-refractivity contribution in [3.05, 3.63) is 36.9 Å². The van der Waals surface area contributed by atoms with Gasteiger partial charge in [0.1, 0.15) is 5.82 Å². The van der Waals surface area contributed by atoms with Crippen LogP contribution < -0.4 is 0 Å². The van der Waals surface area contributed by atoms with E-state index in [1.54, 1.807) is 24.8 Å². The van der Waals surface area contributed by atoms with Crippen molar-refractivity contribution >= 4 is 11.0 Å². The largest absolute Gasteiger partial charge is 0.337 e. The van der Waals surface area contributed by atoms with Crippen LogP contribution in [-0.4, -0.2) is 25.1 Å². The molecule has 0 saturated heterocycles. The van der Waals surface area contributed by atoms with Gasteiger partial charge in [-0.05, 0) is 12.1 Å². The summed E-state index contributed by atoms with van der Waals surface area (Å²) in [6.45, 7) is 0. The molecule has 3 aromatic rings. The number of nitrogens with zero attached hydrogens (tertiary/aromatic N) is 4. The first-order chi connectivity index (χ1) is 7.43. The van der Waals surface area contributed by atoms with E-state index >= 15 is 0 Å². The van der Waals surface area contributed by atoms with Gasteiger partial charge in [0.15, 0.2) is 0 Å². The number of aromatic amines is 1. The van der Waals surface area contributed by atoms with Crippen LogP contribution in [0.1, 0.15) is 0 Å². The lowest BCUT2D eigenvalue weighted by atomic mass is 10.3. The number of H-pyrrole nitrogens is 1. The second-order valence-corrected chi connectivity index (χ2v) is 3.11. The average molecular weight is 197 g/mol. The Morgan fingerprint density at radius 3 is 2.80 bits per heavy atom. The van der Waals surface area contributed by atoms with Crippen LogP contribution in [0, 0.1) is 0 Å². The molecular weight excluding hydrogens is 190 g/mol. The van der Waals surface area contributed by atoms with E-state index in [-0.39, 0.29) is 0 Å². The molecule has 0 atom stereocenters. The Hall–Kier alpha value is -2.30. The molecule has 0 amide bonds. The second-order valence-electron chi connectivity index (χ2n) is 3.11. The maximum absolute atomic E-state index is 4.42. The van der Waals surface area contributed by atoms with Gasteiger partial charge in [-0.15, -0.1) is 0 Å². The van der Waals surface area contributed by atoms with Crippen molar-refractivity contribution in [2.24, 2.45) is 0 Å². The number of fused-ring (bicyclic) bond motifs is 1. The van der Waals surface area contributed by atoms with Crippen molar-refractivity contribution in [1.29, 1.82) is 0 Å². The van der Waals surface area contributed by atoms with E-state index in [9.17, 15) is 0 Å². The Bertz CT molecular complexity index is 554. The van der Waals surface area contributed by atoms with Crippen LogP contribution in [0.4, 0.5) is 0 Å². The summed E-state index contributed by atoms with van der Waals surface area (Å²) in [5.74, 6) is 0.785. The number of nitrogens with one attached hydrogen (secondary N) is 1. The SMILES string of the molecule is c1cc2nc(-c3ccnnc3)[nH]c2cn1. The summed E-state index contributed by atoms with van der Waals surface area (Å²) in [6.07, 6.45) is 6.78. The van der Waals surface area contributed by atoms with E-state index in [1.807, 2.05) is 12.1 Å². The van der Waals surface area contributed by atoms with E-state index < -0.39 is 0 Å². The molecule has 0 fully saturated rings. The topological polar surface area (TPSA) is 67.3 Å². The van der Waals surface area contributed by atoms with E-state index in [0.717, 1.165) is 22.4 Å². The first-order valence-electron chi connectivity index (χ1n) is 4.50. The lowest BCUT2D eigenvalue weighted by Crippen LogP contribution is -1.83. The molecule has 0 aliphatic rings. The summed E-state index contributed by atoms with van der Waals surface area (Å²) in [5, 5.41) is 7.53. The summed E-state index contributed by atoms with van der Waals surface area (Å²) in [5.41, 5.74) is 2.74. The van der Waals surface area contributed by atoms with Gasteiger partial charge >= 0.3 is 0 Å². The van der Waals surface area contributed by atoms with Crippen molar-refractivity contribution < 1.29 is 0 Å². The van der Waals surface area contributed by atoms with Crippen LogP contribution in [0.5, 0.6) is 0 Å². The monoisotopic (exact) mass is 197 g/mol. The van der Waals surface area contributed by atoms with Crippen LogP contribution in [0.2, 0.25) is 0 Å². The minimum absolute atomic E-state index is 0.785. The number of aromatic nitrogens is 5. The van der Waals surface area contributed by atoms with E-state index in [0.29, 0.717) is 0 Å². The maximum Gasteiger partial charge on any atom is 0.140 e. The third-order valence-electron chi connectivity index (χ3n) is 2.14. The summed E-state index contributed by atoms with van der Waals surface area (Å²) in [6, 6.07) is 3.72. The molecule has 0 saturated carbocycles. The lowest BCUT2D eigenvalue weighted by molar-refractivity contribution is 1.03. The minimum Gasteiger partial charge on any atom is -0.337 e. The van der Waals surface area contributed by atoms with Crippen LogP contribution in [0.3, 0.4) is 0 Å². The fourth-order valence-electron chi connectivity index (χ4n) is 1.42. The summed E-state index contributed by atoms with van der Waals surface area (Å²) in [4.78, 5) is 11.6. The standard InChI is InChI=1S/C10H7N5/c1-4-12-13-5-7(1)10-14-8-2-3-11-6-9(8)15-10/h1-6H,(H,14,15). The molecule has 5 heteroatoms. The molecule has 0 aliphatic carbocycles. The Morgan fingerprint density at radius 2 is 2.00 bits per heavy atom. The zero-order valence-corrected chi connectivity index (χ0v) is 7.75. The molecular formula is C10H7N5. The number of pyridine rings is 1. The Balaban J connectivity index is 2.21. The van der Waals surface area contributed by atoms with Gasteiger partial charge in [0, 0.05) is 11.8 Å². The zero-order valence-electron chi connectivity index (χ0n) is 7.75. The van der Waals surface area contributed by atoms with E-state index in [2.05, 4.69) is 25.1 Å². The molecule has 0 unspecified atom stereocenters. The highest BCUT2D eigenvalue weighted by Crippen LogP contribution is 2.17. The molecule has 1 N–H and O–H groups in total. The molecule has 15 heavy (non-hydrogen) atoms. The molecule has 3 rings (SSSR count). The highest BCUT2D eigenvalue weighted by molar-refractivity contribution is 5.77. The van der Waals surface area contributed by atoms with Crippen molar-refractivity contribution in [3.63, 3.8) is 0 Å². The van der Waals surface area contributed by atoms with Crippen LogP contribution in [0.25, 0.3) is 22.4 Å². The molecule has 0 aliphatic heterocycles. The predicted octanol–water partition coefficient (Wildman–Crippen LogP) is 1.41.